The van der Waals surface area contributed by atoms with E-state index in [9.17, 15) is 14.7 Å². The van der Waals surface area contributed by atoms with Crippen LogP contribution >= 0.6 is 15.9 Å². The molecule has 2 aromatic heterocycles. The average molecular weight is 375 g/mol. The van der Waals surface area contributed by atoms with Crippen LogP contribution in [-0.4, -0.2) is 20.5 Å². The molecule has 2 heterocycles. The van der Waals surface area contributed by atoms with Gasteiger partial charge in [-0.1, -0.05) is 12.1 Å². The van der Waals surface area contributed by atoms with Gasteiger partial charge in [-0.05, 0) is 40.2 Å². The van der Waals surface area contributed by atoms with Crippen LogP contribution in [0.1, 0.15) is 16.1 Å². The van der Waals surface area contributed by atoms with Crippen LogP contribution in [0.4, 0.5) is 0 Å². The Balaban J connectivity index is 1.82. The molecule has 6 nitrogen and oxygen atoms in total. The van der Waals surface area contributed by atoms with Gasteiger partial charge in [0.05, 0.1) is 5.69 Å². The fraction of sp³-hybridized carbons (Fsp3) is 0.0625. The fourth-order valence-electron chi connectivity index (χ4n) is 2.06. The number of nitrogens with zero attached hydrogens (tertiary/aromatic N) is 2. The molecule has 3 aromatic rings. The summed E-state index contributed by atoms with van der Waals surface area (Å²) in [7, 11) is 0. The summed E-state index contributed by atoms with van der Waals surface area (Å²) in [5, 5.41) is 9.62. The molecule has 0 amide bonds. The van der Waals surface area contributed by atoms with Crippen molar-refractivity contribution < 1.29 is 14.6 Å². The Labute approximate surface area is 139 Å². The Hall–Kier alpha value is -2.67. The van der Waals surface area contributed by atoms with Gasteiger partial charge >= 0.3 is 5.97 Å². The number of carbonyl (C=O) groups is 1. The second-order valence-electron chi connectivity index (χ2n) is 4.75. The monoisotopic (exact) mass is 374 g/mol. The number of para-hydroxylation sites is 1. The molecule has 0 aliphatic carbocycles. The molecule has 7 heteroatoms. The second kappa shape index (κ2) is 6.21. The Bertz CT molecular complexity index is 952. The number of fused-ring (bicyclic) bond motifs is 1. The Morgan fingerprint density at radius 2 is 2.04 bits per heavy atom. The van der Waals surface area contributed by atoms with E-state index in [1.165, 1.54) is 22.6 Å². The van der Waals surface area contributed by atoms with Gasteiger partial charge in [0.2, 0.25) is 0 Å². The zero-order valence-corrected chi connectivity index (χ0v) is 13.4. The summed E-state index contributed by atoms with van der Waals surface area (Å²) in [6.45, 7) is -0.158. The zero-order chi connectivity index (χ0) is 16.4. The maximum absolute atomic E-state index is 12.0. The van der Waals surface area contributed by atoms with Gasteiger partial charge in [0, 0.05) is 16.7 Å². The molecule has 0 bridgehead atoms. The lowest BCUT2D eigenvalue weighted by molar-refractivity contribution is 0.0464. The number of hydrogen-bond donors (Lipinski definition) is 1. The lowest BCUT2D eigenvalue weighted by Crippen LogP contribution is -2.16. The molecule has 0 aliphatic rings. The summed E-state index contributed by atoms with van der Waals surface area (Å²) in [5.41, 5.74) is 0.578. The molecule has 0 spiro atoms. The highest BCUT2D eigenvalue weighted by Gasteiger charge is 2.12. The topological polar surface area (TPSA) is 80.9 Å². The molecule has 0 atom stereocenters. The standard InChI is InChI=1S/C16H11BrN2O4/c17-10-5-6-14-18-11(7-15(21)19(14)8-10)9-23-16(22)12-3-1-2-4-13(12)20/h1-8,20H,9H2. The molecular weight excluding hydrogens is 364 g/mol. The molecule has 3 rings (SSSR count). The molecule has 0 aliphatic heterocycles. The highest BCUT2D eigenvalue weighted by molar-refractivity contribution is 9.10. The quantitative estimate of drug-likeness (QED) is 0.712. The smallest absolute Gasteiger partial charge is 0.342 e. The van der Waals surface area contributed by atoms with Crippen molar-refractivity contribution in [2.75, 3.05) is 0 Å². The minimum absolute atomic E-state index is 0.0638. The highest BCUT2D eigenvalue weighted by Crippen LogP contribution is 2.17. The van der Waals surface area contributed by atoms with Crippen molar-refractivity contribution in [2.45, 2.75) is 6.61 Å². The van der Waals surface area contributed by atoms with Gasteiger partial charge in [-0.15, -0.1) is 0 Å². The van der Waals surface area contributed by atoms with Crippen LogP contribution in [0.5, 0.6) is 5.75 Å². The van der Waals surface area contributed by atoms with Crippen molar-refractivity contribution in [1.82, 2.24) is 9.38 Å². The van der Waals surface area contributed by atoms with E-state index in [1.54, 1.807) is 30.5 Å². The number of aromatic nitrogens is 2. The number of hydrogen-bond acceptors (Lipinski definition) is 5. The van der Waals surface area contributed by atoms with E-state index in [4.69, 9.17) is 4.74 Å². The summed E-state index contributed by atoms with van der Waals surface area (Å²) in [5.74, 6) is -0.838. The van der Waals surface area contributed by atoms with Crippen LogP contribution in [0.3, 0.4) is 0 Å². The lowest BCUT2D eigenvalue weighted by atomic mass is 10.2. The molecule has 0 fully saturated rings. The fourth-order valence-corrected chi connectivity index (χ4v) is 2.40. The third-order valence-electron chi connectivity index (χ3n) is 3.15. The van der Waals surface area contributed by atoms with Gasteiger partial charge in [0.1, 0.15) is 23.6 Å². The molecule has 116 valence electrons. The van der Waals surface area contributed by atoms with Crippen LogP contribution in [0.25, 0.3) is 5.65 Å². The molecule has 1 N–H and O–H groups in total. The number of carbonyl (C=O) groups excluding carboxylic acids is 1. The van der Waals surface area contributed by atoms with E-state index >= 15 is 0 Å². The lowest BCUT2D eigenvalue weighted by Gasteiger charge is -2.07. The molecule has 0 saturated carbocycles. The summed E-state index contributed by atoms with van der Waals surface area (Å²) in [4.78, 5) is 28.2. The van der Waals surface area contributed by atoms with E-state index in [0.717, 1.165) is 4.47 Å². The van der Waals surface area contributed by atoms with Crippen LogP contribution in [-0.2, 0) is 11.3 Å². The van der Waals surface area contributed by atoms with Gasteiger partial charge in [-0.3, -0.25) is 9.20 Å². The highest BCUT2D eigenvalue weighted by atomic mass is 79.9. The first-order chi connectivity index (χ1) is 11.0. The van der Waals surface area contributed by atoms with Gasteiger partial charge in [-0.25, -0.2) is 9.78 Å². The first kappa shape index (κ1) is 15.2. The number of esters is 1. The van der Waals surface area contributed by atoms with E-state index in [1.807, 2.05) is 0 Å². The van der Waals surface area contributed by atoms with Crippen molar-refractivity contribution in [3.8, 4) is 5.75 Å². The number of rotatable bonds is 3. The molecule has 0 radical (unpaired) electrons. The van der Waals surface area contributed by atoms with Crippen LogP contribution in [0, 0.1) is 0 Å². The number of benzene rings is 1. The zero-order valence-electron chi connectivity index (χ0n) is 11.8. The normalized spacial score (nSPS) is 10.7. The van der Waals surface area contributed by atoms with E-state index in [2.05, 4.69) is 20.9 Å². The third-order valence-corrected chi connectivity index (χ3v) is 3.62. The van der Waals surface area contributed by atoms with Gasteiger partial charge in [-0.2, -0.15) is 0 Å². The van der Waals surface area contributed by atoms with E-state index in [-0.39, 0.29) is 23.5 Å². The van der Waals surface area contributed by atoms with Crippen molar-refractivity contribution >= 4 is 27.5 Å². The maximum Gasteiger partial charge on any atom is 0.342 e. The summed E-state index contributed by atoms with van der Waals surface area (Å²) >= 11 is 3.29. The molecule has 1 aromatic carbocycles. The van der Waals surface area contributed by atoms with Gasteiger partial charge in [0.15, 0.2) is 0 Å². The molecule has 23 heavy (non-hydrogen) atoms. The predicted octanol–water partition coefficient (Wildman–Crippen LogP) is 2.52. The van der Waals surface area contributed by atoms with Crippen molar-refractivity contribution in [3.05, 3.63) is 74.7 Å². The number of aromatic hydroxyl groups is 1. The Morgan fingerprint density at radius 3 is 2.83 bits per heavy atom. The Kier molecular flexibility index (Phi) is 4.12. The SMILES string of the molecule is O=C(OCc1cc(=O)n2cc(Br)ccc2n1)c1ccccc1O. The molecule has 0 saturated heterocycles. The van der Waals surface area contributed by atoms with Crippen molar-refractivity contribution in [3.63, 3.8) is 0 Å². The van der Waals surface area contributed by atoms with Crippen LogP contribution in [0.15, 0.2) is 57.9 Å². The van der Waals surface area contributed by atoms with Gasteiger partial charge in [0.25, 0.3) is 5.56 Å². The van der Waals surface area contributed by atoms with Crippen LogP contribution in [0.2, 0.25) is 0 Å². The molecule has 0 unspecified atom stereocenters. The van der Waals surface area contributed by atoms with Crippen LogP contribution < -0.4 is 5.56 Å². The van der Waals surface area contributed by atoms with Gasteiger partial charge < -0.3 is 9.84 Å². The minimum atomic E-state index is -0.680. The summed E-state index contributed by atoms with van der Waals surface area (Å²) in [6.07, 6.45) is 1.61. The number of pyridine rings is 1. The first-order valence-electron chi connectivity index (χ1n) is 6.67. The molecular formula is C16H11BrN2O4. The van der Waals surface area contributed by atoms with E-state index < -0.39 is 5.97 Å². The number of phenols is 1. The summed E-state index contributed by atoms with van der Waals surface area (Å²) in [6, 6.07) is 10.8. The second-order valence-corrected chi connectivity index (χ2v) is 5.67. The average Bonchev–Trinajstić information content (AvgIpc) is 2.54. The van der Waals surface area contributed by atoms with Crippen molar-refractivity contribution in [2.24, 2.45) is 0 Å². The number of phenolic OH excluding ortho intramolecular Hbond substituents is 1. The largest absolute Gasteiger partial charge is 0.507 e. The summed E-state index contributed by atoms with van der Waals surface area (Å²) < 4.78 is 7.25. The van der Waals surface area contributed by atoms with E-state index in [0.29, 0.717) is 11.3 Å². The minimum Gasteiger partial charge on any atom is -0.507 e. The first-order valence-corrected chi connectivity index (χ1v) is 7.47. The Morgan fingerprint density at radius 1 is 1.26 bits per heavy atom. The third kappa shape index (κ3) is 3.24. The predicted molar refractivity (Wildman–Crippen MR) is 86.4 cm³/mol. The number of ether oxygens (including phenoxy) is 1. The maximum atomic E-state index is 12.0. The number of halogens is 1. The van der Waals surface area contributed by atoms with Crippen molar-refractivity contribution in [1.29, 1.82) is 0 Å².